The van der Waals surface area contributed by atoms with Gasteiger partial charge in [-0.05, 0) is 35.4 Å². The number of rotatable bonds is 6. The highest BCUT2D eigenvalue weighted by atomic mass is 19.1. The summed E-state index contributed by atoms with van der Waals surface area (Å²) in [4.78, 5) is 18.2. The van der Waals surface area contributed by atoms with E-state index in [4.69, 9.17) is 29.3 Å². The maximum atomic E-state index is 12.8. The van der Waals surface area contributed by atoms with Crippen molar-refractivity contribution in [1.29, 1.82) is 0 Å². The van der Waals surface area contributed by atoms with Crippen molar-refractivity contribution in [1.82, 2.24) is 5.32 Å². The molecule has 140 valence electrons. The molecular weight excluding hydrogens is 345 g/mol. The molecule has 0 saturated heterocycles. The van der Waals surface area contributed by atoms with Crippen LogP contribution in [0, 0.1) is 5.82 Å². The highest BCUT2D eigenvalue weighted by Gasteiger charge is 2.04. The standard InChI is InChI=1S/C16H18FNO2.C2H2O4/c1-19-15-8-5-13(9-16(15)20-2)11-18-10-12-3-6-14(17)7-4-12;3-1(4)2(5)6/h3-9,18H,10-11H2,1-2H3;(H,3,4)(H,5,6). The van der Waals surface area contributed by atoms with Crippen LogP contribution >= 0.6 is 0 Å². The van der Waals surface area contributed by atoms with Gasteiger partial charge in [0.1, 0.15) is 5.82 Å². The van der Waals surface area contributed by atoms with Crippen molar-refractivity contribution in [2.24, 2.45) is 0 Å². The summed E-state index contributed by atoms with van der Waals surface area (Å²) in [6.45, 7) is 1.40. The molecule has 0 amide bonds. The summed E-state index contributed by atoms with van der Waals surface area (Å²) in [5.41, 5.74) is 2.15. The van der Waals surface area contributed by atoms with E-state index in [2.05, 4.69) is 5.32 Å². The lowest BCUT2D eigenvalue weighted by atomic mass is 10.2. The number of carboxylic acid groups (broad SMARTS) is 2. The Morgan fingerprint density at radius 2 is 1.38 bits per heavy atom. The zero-order valence-electron chi connectivity index (χ0n) is 14.4. The molecule has 0 radical (unpaired) electrons. The zero-order valence-corrected chi connectivity index (χ0v) is 14.4. The van der Waals surface area contributed by atoms with Crippen molar-refractivity contribution in [3.8, 4) is 11.5 Å². The quantitative estimate of drug-likeness (QED) is 0.675. The smallest absolute Gasteiger partial charge is 0.414 e. The van der Waals surface area contributed by atoms with Crippen molar-refractivity contribution in [2.45, 2.75) is 13.1 Å². The van der Waals surface area contributed by atoms with E-state index in [-0.39, 0.29) is 5.82 Å². The molecule has 26 heavy (non-hydrogen) atoms. The first-order valence-corrected chi connectivity index (χ1v) is 7.49. The molecule has 0 fully saturated rings. The fraction of sp³-hybridized carbons (Fsp3) is 0.222. The molecular formula is C18H20FNO6. The van der Waals surface area contributed by atoms with Gasteiger partial charge in [0.15, 0.2) is 11.5 Å². The number of hydrogen-bond acceptors (Lipinski definition) is 5. The number of ether oxygens (including phenoxy) is 2. The highest BCUT2D eigenvalue weighted by Crippen LogP contribution is 2.27. The minimum absolute atomic E-state index is 0.214. The molecule has 0 aliphatic heterocycles. The molecule has 7 nitrogen and oxygen atoms in total. The molecule has 2 rings (SSSR count). The van der Waals surface area contributed by atoms with E-state index in [0.29, 0.717) is 18.8 Å². The predicted octanol–water partition coefficient (Wildman–Crippen LogP) is 2.29. The number of benzene rings is 2. The average Bonchev–Trinajstić information content (AvgIpc) is 2.63. The van der Waals surface area contributed by atoms with Crippen LogP contribution in [0.25, 0.3) is 0 Å². The van der Waals surface area contributed by atoms with Crippen molar-refractivity contribution < 1.29 is 33.7 Å². The lowest BCUT2D eigenvalue weighted by Gasteiger charge is -2.10. The van der Waals surface area contributed by atoms with Crippen molar-refractivity contribution in [3.63, 3.8) is 0 Å². The topological polar surface area (TPSA) is 105 Å². The van der Waals surface area contributed by atoms with Crippen LogP contribution in [0.3, 0.4) is 0 Å². The van der Waals surface area contributed by atoms with Gasteiger partial charge in [-0.2, -0.15) is 0 Å². The Bertz CT molecular complexity index is 721. The summed E-state index contributed by atoms with van der Waals surface area (Å²) >= 11 is 0. The van der Waals surface area contributed by atoms with Crippen LogP contribution < -0.4 is 14.8 Å². The Labute approximate surface area is 150 Å². The largest absolute Gasteiger partial charge is 0.493 e. The second-order valence-corrected chi connectivity index (χ2v) is 5.03. The second kappa shape index (κ2) is 10.7. The van der Waals surface area contributed by atoms with Crippen LogP contribution in [0.4, 0.5) is 4.39 Å². The molecule has 0 aromatic heterocycles. The molecule has 0 unspecified atom stereocenters. The SMILES string of the molecule is COc1ccc(CNCc2ccc(F)cc2)cc1OC.O=C(O)C(=O)O. The van der Waals surface area contributed by atoms with E-state index in [0.717, 1.165) is 16.9 Å². The third-order valence-electron chi connectivity index (χ3n) is 3.20. The lowest BCUT2D eigenvalue weighted by molar-refractivity contribution is -0.159. The van der Waals surface area contributed by atoms with Crippen molar-refractivity contribution >= 4 is 11.9 Å². The Kier molecular flexibility index (Phi) is 8.59. The third-order valence-corrected chi connectivity index (χ3v) is 3.20. The summed E-state index contributed by atoms with van der Waals surface area (Å²) in [6.07, 6.45) is 0. The van der Waals surface area contributed by atoms with Gasteiger partial charge in [-0.15, -0.1) is 0 Å². The zero-order chi connectivity index (χ0) is 19.5. The number of carbonyl (C=O) groups is 2. The van der Waals surface area contributed by atoms with E-state index in [1.165, 1.54) is 12.1 Å². The van der Waals surface area contributed by atoms with Gasteiger partial charge < -0.3 is 25.0 Å². The first-order chi connectivity index (χ1) is 12.4. The number of halogens is 1. The summed E-state index contributed by atoms with van der Waals surface area (Å²) < 4.78 is 23.2. The highest BCUT2D eigenvalue weighted by molar-refractivity contribution is 6.27. The van der Waals surface area contributed by atoms with Gasteiger partial charge >= 0.3 is 11.9 Å². The number of carboxylic acids is 2. The number of hydrogen-bond donors (Lipinski definition) is 3. The van der Waals surface area contributed by atoms with E-state index in [1.54, 1.807) is 26.4 Å². The van der Waals surface area contributed by atoms with Crippen molar-refractivity contribution in [2.75, 3.05) is 14.2 Å². The molecule has 0 atom stereocenters. The second-order valence-electron chi connectivity index (χ2n) is 5.03. The Hall–Kier alpha value is -3.13. The summed E-state index contributed by atoms with van der Waals surface area (Å²) in [7, 11) is 3.23. The maximum absolute atomic E-state index is 12.8. The monoisotopic (exact) mass is 365 g/mol. The minimum atomic E-state index is -1.82. The molecule has 0 aliphatic carbocycles. The fourth-order valence-electron chi connectivity index (χ4n) is 1.94. The normalized spacial score (nSPS) is 9.65. The number of methoxy groups -OCH3 is 2. The lowest BCUT2D eigenvalue weighted by Crippen LogP contribution is -2.12. The van der Waals surface area contributed by atoms with E-state index in [1.807, 2.05) is 18.2 Å². The molecule has 0 heterocycles. The van der Waals surface area contributed by atoms with Crippen LogP contribution in [-0.2, 0) is 22.7 Å². The third kappa shape index (κ3) is 7.18. The molecule has 0 aliphatic rings. The predicted molar refractivity (Wildman–Crippen MR) is 91.8 cm³/mol. The number of aliphatic carboxylic acids is 2. The molecule has 0 spiro atoms. The van der Waals surface area contributed by atoms with Gasteiger partial charge in [-0.1, -0.05) is 18.2 Å². The molecule has 8 heteroatoms. The van der Waals surface area contributed by atoms with Gasteiger partial charge in [0.25, 0.3) is 0 Å². The maximum Gasteiger partial charge on any atom is 0.414 e. The molecule has 2 aromatic carbocycles. The van der Waals surface area contributed by atoms with Crippen molar-refractivity contribution in [3.05, 3.63) is 59.4 Å². The molecule has 0 bridgehead atoms. The first kappa shape index (κ1) is 20.9. The number of nitrogens with one attached hydrogen (secondary N) is 1. The molecule has 3 N–H and O–H groups in total. The van der Waals surface area contributed by atoms with E-state index in [9.17, 15) is 4.39 Å². The Balaban J connectivity index is 0.000000487. The van der Waals surface area contributed by atoms with E-state index < -0.39 is 11.9 Å². The summed E-state index contributed by atoms with van der Waals surface area (Å²) in [5, 5.41) is 18.1. The Morgan fingerprint density at radius 1 is 0.885 bits per heavy atom. The molecule has 2 aromatic rings. The summed E-state index contributed by atoms with van der Waals surface area (Å²) in [5.74, 6) is -2.43. The van der Waals surface area contributed by atoms with Crippen LogP contribution in [0.1, 0.15) is 11.1 Å². The average molecular weight is 365 g/mol. The summed E-state index contributed by atoms with van der Waals surface area (Å²) in [6, 6.07) is 12.3. The van der Waals surface area contributed by atoms with E-state index >= 15 is 0 Å². The van der Waals surface area contributed by atoms with Gasteiger partial charge in [0.2, 0.25) is 0 Å². The molecule has 0 saturated carbocycles. The Morgan fingerprint density at radius 3 is 1.88 bits per heavy atom. The van der Waals surface area contributed by atoms with Crippen LogP contribution in [-0.4, -0.2) is 36.4 Å². The minimum Gasteiger partial charge on any atom is -0.493 e. The van der Waals surface area contributed by atoms with Crippen LogP contribution in [0.2, 0.25) is 0 Å². The first-order valence-electron chi connectivity index (χ1n) is 7.49. The van der Waals surface area contributed by atoms with Crippen LogP contribution in [0.5, 0.6) is 11.5 Å². The van der Waals surface area contributed by atoms with Crippen LogP contribution in [0.15, 0.2) is 42.5 Å². The fourth-order valence-corrected chi connectivity index (χ4v) is 1.94. The van der Waals surface area contributed by atoms with Gasteiger partial charge in [-0.25, -0.2) is 14.0 Å². The van der Waals surface area contributed by atoms with Gasteiger partial charge in [0, 0.05) is 13.1 Å². The van der Waals surface area contributed by atoms with Gasteiger partial charge in [0.05, 0.1) is 14.2 Å². The van der Waals surface area contributed by atoms with Gasteiger partial charge in [-0.3, -0.25) is 0 Å².